The molecule has 5 rings (SSSR count). The second-order valence-electron chi connectivity index (χ2n) is 7.65. The monoisotopic (exact) mass is 455 g/mol. The average Bonchev–Trinajstić information content (AvgIpc) is 3.55. The summed E-state index contributed by atoms with van der Waals surface area (Å²) >= 11 is 6.16. The number of hydrogen-bond acceptors (Lipinski definition) is 5. The van der Waals surface area contributed by atoms with Crippen LogP contribution in [0.5, 0.6) is 0 Å². The number of aromatic nitrogens is 4. The van der Waals surface area contributed by atoms with Crippen LogP contribution in [0.15, 0.2) is 108 Å². The molecule has 164 valence electrons. The van der Waals surface area contributed by atoms with Crippen molar-refractivity contribution >= 4 is 11.6 Å². The third-order valence-electron chi connectivity index (χ3n) is 5.52. The molecule has 0 saturated carbocycles. The van der Waals surface area contributed by atoms with Crippen LogP contribution < -0.4 is 5.32 Å². The van der Waals surface area contributed by atoms with Crippen LogP contribution >= 0.6 is 11.6 Å². The lowest BCUT2D eigenvalue weighted by molar-refractivity contribution is 0.446. The zero-order valence-corrected chi connectivity index (χ0v) is 18.5. The lowest BCUT2D eigenvalue weighted by atomic mass is 9.98. The first-order valence-corrected chi connectivity index (χ1v) is 11.1. The van der Waals surface area contributed by atoms with Gasteiger partial charge in [0, 0.05) is 5.02 Å². The Kier molecular flexibility index (Phi) is 6.28. The van der Waals surface area contributed by atoms with Crippen LogP contribution in [0.1, 0.15) is 40.4 Å². The van der Waals surface area contributed by atoms with Gasteiger partial charge >= 0.3 is 0 Å². The van der Waals surface area contributed by atoms with E-state index in [-0.39, 0.29) is 12.1 Å². The molecule has 33 heavy (non-hydrogen) atoms. The maximum absolute atomic E-state index is 6.16. The molecule has 0 unspecified atom stereocenters. The number of tetrazole rings is 1. The molecule has 5 aromatic rings. The number of nitrogens with zero attached hydrogens (tertiary/aromatic N) is 4. The second-order valence-corrected chi connectivity index (χ2v) is 8.09. The molecule has 0 aliphatic rings. The van der Waals surface area contributed by atoms with Gasteiger partial charge in [0.2, 0.25) is 0 Å². The zero-order valence-electron chi connectivity index (χ0n) is 17.8. The Balaban J connectivity index is 1.59. The Labute approximate surface area is 196 Å². The molecule has 7 heteroatoms. The van der Waals surface area contributed by atoms with Crippen LogP contribution in [0, 0.1) is 0 Å². The van der Waals surface area contributed by atoms with Gasteiger partial charge in [0.05, 0.1) is 18.8 Å². The molecule has 0 fully saturated rings. The third-order valence-corrected chi connectivity index (χ3v) is 5.77. The minimum atomic E-state index is -0.280. The van der Waals surface area contributed by atoms with E-state index in [2.05, 4.69) is 45.1 Å². The topological polar surface area (TPSA) is 68.8 Å². The quantitative estimate of drug-likeness (QED) is 0.337. The van der Waals surface area contributed by atoms with Crippen LogP contribution in [0.25, 0.3) is 0 Å². The van der Waals surface area contributed by atoms with Gasteiger partial charge in [0.15, 0.2) is 5.82 Å². The second kappa shape index (κ2) is 9.81. The van der Waals surface area contributed by atoms with Crippen molar-refractivity contribution < 1.29 is 4.42 Å². The minimum absolute atomic E-state index is 0.183. The first kappa shape index (κ1) is 21.1. The maximum Gasteiger partial charge on any atom is 0.173 e. The van der Waals surface area contributed by atoms with E-state index in [0.717, 1.165) is 22.5 Å². The zero-order chi connectivity index (χ0) is 22.5. The first-order chi connectivity index (χ1) is 16.3. The standard InChI is InChI=1S/C26H22ClN5O/c27-22-15-13-19(14-16-22)24(28-18-23-12-7-17-33-23)26-29-30-31-32(26)25(20-8-3-1-4-9-20)21-10-5-2-6-11-21/h1-17,24-25,28H,18H2/t24-/m1/s1. The summed E-state index contributed by atoms with van der Waals surface area (Å²) in [5.74, 6) is 1.53. The van der Waals surface area contributed by atoms with Gasteiger partial charge in [-0.1, -0.05) is 84.4 Å². The van der Waals surface area contributed by atoms with Gasteiger partial charge < -0.3 is 4.42 Å². The Morgan fingerprint density at radius 1 is 0.788 bits per heavy atom. The molecule has 2 heterocycles. The summed E-state index contributed by atoms with van der Waals surface area (Å²) in [6, 6.07) is 31.6. The molecule has 0 amide bonds. The van der Waals surface area contributed by atoms with E-state index in [1.165, 1.54) is 0 Å². The summed E-state index contributed by atoms with van der Waals surface area (Å²) in [7, 11) is 0. The van der Waals surface area contributed by atoms with Crippen molar-refractivity contribution in [3.05, 3.63) is 137 Å². The fourth-order valence-electron chi connectivity index (χ4n) is 3.95. The lowest BCUT2D eigenvalue weighted by Gasteiger charge is -2.24. The fourth-order valence-corrected chi connectivity index (χ4v) is 4.08. The molecule has 1 N–H and O–H groups in total. The molecule has 0 aliphatic heterocycles. The van der Waals surface area contributed by atoms with Crippen LogP contribution in [0.2, 0.25) is 5.02 Å². The van der Waals surface area contributed by atoms with Gasteiger partial charge in [-0.3, -0.25) is 5.32 Å². The highest BCUT2D eigenvalue weighted by atomic mass is 35.5. The van der Waals surface area contributed by atoms with Crippen molar-refractivity contribution in [1.29, 1.82) is 0 Å². The normalized spacial score (nSPS) is 12.2. The van der Waals surface area contributed by atoms with Crippen molar-refractivity contribution in [3.8, 4) is 0 Å². The molecule has 1 atom stereocenters. The SMILES string of the molecule is Clc1ccc([C@@H](NCc2ccco2)c2nnnn2C(c2ccccc2)c2ccccc2)cc1. The van der Waals surface area contributed by atoms with Gasteiger partial charge in [-0.05, 0) is 51.4 Å². The van der Waals surface area contributed by atoms with E-state index in [0.29, 0.717) is 17.4 Å². The smallest absolute Gasteiger partial charge is 0.173 e. The van der Waals surface area contributed by atoms with Crippen molar-refractivity contribution in [1.82, 2.24) is 25.5 Å². The molecule has 2 aromatic heterocycles. The average molecular weight is 456 g/mol. The summed E-state index contributed by atoms with van der Waals surface area (Å²) in [4.78, 5) is 0. The van der Waals surface area contributed by atoms with Crippen molar-refractivity contribution in [2.45, 2.75) is 18.6 Å². The van der Waals surface area contributed by atoms with Crippen molar-refractivity contribution in [3.63, 3.8) is 0 Å². The van der Waals surface area contributed by atoms with Gasteiger partial charge in [-0.2, -0.15) is 0 Å². The number of halogens is 1. The number of benzene rings is 3. The molecular formula is C26H22ClN5O. The molecule has 0 aliphatic carbocycles. The van der Waals surface area contributed by atoms with Crippen LogP contribution in [-0.2, 0) is 6.54 Å². The number of hydrogen-bond donors (Lipinski definition) is 1. The Morgan fingerprint density at radius 2 is 1.45 bits per heavy atom. The molecule has 6 nitrogen and oxygen atoms in total. The van der Waals surface area contributed by atoms with Crippen molar-refractivity contribution in [2.75, 3.05) is 0 Å². The summed E-state index contributed by atoms with van der Waals surface area (Å²) < 4.78 is 7.42. The highest BCUT2D eigenvalue weighted by Gasteiger charge is 2.27. The predicted molar refractivity (Wildman–Crippen MR) is 127 cm³/mol. The van der Waals surface area contributed by atoms with E-state index in [9.17, 15) is 0 Å². The van der Waals surface area contributed by atoms with Gasteiger partial charge in [-0.15, -0.1) is 5.10 Å². The van der Waals surface area contributed by atoms with Crippen molar-refractivity contribution in [2.24, 2.45) is 0 Å². The van der Waals surface area contributed by atoms with Crippen LogP contribution in [-0.4, -0.2) is 20.2 Å². The highest BCUT2D eigenvalue weighted by Crippen LogP contribution is 2.30. The predicted octanol–water partition coefficient (Wildman–Crippen LogP) is 5.44. The maximum atomic E-state index is 6.16. The Morgan fingerprint density at radius 3 is 2.06 bits per heavy atom. The summed E-state index contributed by atoms with van der Waals surface area (Å²) in [6.45, 7) is 0.522. The molecule has 0 radical (unpaired) electrons. The molecule has 0 saturated heterocycles. The molecule has 0 bridgehead atoms. The van der Waals surface area contributed by atoms with Crippen LogP contribution in [0.3, 0.4) is 0 Å². The van der Waals surface area contributed by atoms with Gasteiger partial charge in [-0.25, -0.2) is 4.68 Å². The Hall–Kier alpha value is -3.74. The van der Waals surface area contributed by atoms with E-state index in [1.807, 2.05) is 77.5 Å². The molecule has 0 spiro atoms. The number of rotatable bonds is 8. The minimum Gasteiger partial charge on any atom is -0.468 e. The number of nitrogens with one attached hydrogen (secondary N) is 1. The lowest BCUT2D eigenvalue weighted by Crippen LogP contribution is -2.27. The van der Waals surface area contributed by atoms with E-state index in [4.69, 9.17) is 16.0 Å². The summed E-state index contributed by atoms with van der Waals surface area (Å²) in [5.41, 5.74) is 3.19. The van der Waals surface area contributed by atoms with Gasteiger partial charge in [0.1, 0.15) is 11.8 Å². The van der Waals surface area contributed by atoms with Gasteiger partial charge in [0.25, 0.3) is 0 Å². The largest absolute Gasteiger partial charge is 0.468 e. The van der Waals surface area contributed by atoms with E-state index in [1.54, 1.807) is 6.26 Å². The first-order valence-electron chi connectivity index (χ1n) is 10.7. The summed E-state index contributed by atoms with van der Waals surface area (Å²) in [5, 5.41) is 17.2. The Bertz CT molecular complexity index is 1230. The third kappa shape index (κ3) is 4.72. The van der Waals surface area contributed by atoms with E-state index >= 15 is 0 Å². The fraction of sp³-hybridized carbons (Fsp3) is 0.115. The molecular weight excluding hydrogens is 434 g/mol. The van der Waals surface area contributed by atoms with Crippen LogP contribution in [0.4, 0.5) is 0 Å². The summed E-state index contributed by atoms with van der Waals surface area (Å²) in [6.07, 6.45) is 1.67. The van der Waals surface area contributed by atoms with E-state index < -0.39 is 0 Å². The number of furan rings is 1. The highest BCUT2D eigenvalue weighted by molar-refractivity contribution is 6.30. The molecule has 3 aromatic carbocycles.